The summed E-state index contributed by atoms with van der Waals surface area (Å²) in [5.74, 6) is 0.645. The van der Waals surface area contributed by atoms with Crippen LogP contribution < -0.4 is 5.32 Å². The Morgan fingerprint density at radius 2 is 2.18 bits per heavy atom. The van der Waals surface area contributed by atoms with Crippen molar-refractivity contribution >= 4 is 11.9 Å². The summed E-state index contributed by atoms with van der Waals surface area (Å²) in [5, 5.41) is 2.93. The molecule has 2 rings (SSSR count). The Balaban J connectivity index is 2.04. The van der Waals surface area contributed by atoms with Crippen LogP contribution in [-0.2, 0) is 16.1 Å². The molecule has 7 nitrogen and oxygen atoms in total. The topological polar surface area (TPSA) is 75.0 Å². The molecular weight excluding hydrogens is 358 g/mol. The van der Waals surface area contributed by atoms with Gasteiger partial charge in [0.1, 0.15) is 12.3 Å². The van der Waals surface area contributed by atoms with Gasteiger partial charge in [0.2, 0.25) is 5.91 Å². The molecule has 0 radical (unpaired) electrons. The van der Waals surface area contributed by atoms with Crippen LogP contribution in [-0.4, -0.2) is 60.1 Å². The molecule has 2 heterocycles. The monoisotopic (exact) mass is 393 g/mol. The average molecular weight is 394 g/mol. The summed E-state index contributed by atoms with van der Waals surface area (Å²) in [6.45, 7) is 8.41. The van der Waals surface area contributed by atoms with E-state index in [9.17, 15) is 9.59 Å². The van der Waals surface area contributed by atoms with Crippen LogP contribution >= 0.6 is 0 Å². The van der Waals surface area contributed by atoms with Gasteiger partial charge in [-0.25, -0.2) is 4.79 Å². The molecule has 28 heavy (non-hydrogen) atoms. The molecule has 2 unspecified atom stereocenters. The van der Waals surface area contributed by atoms with Gasteiger partial charge in [-0.1, -0.05) is 20.3 Å². The Morgan fingerprint density at radius 3 is 2.79 bits per heavy atom. The zero-order chi connectivity index (χ0) is 20.4. The summed E-state index contributed by atoms with van der Waals surface area (Å²) < 4.78 is 11.2. The number of carbonyl (C=O) groups excluding carboxylic acids is 2. The fourth-order valence-electron chi connectivity index (χ4n) is 3.25. The molecule has 1 N–H and O–H groups in total. The molecule has 158 valence electrons. The highest BCUT2D eigenvalue weighted by molar-refractivity contribution is 5.84. The minimum atomic E-state index is -0.175. The Kier molecular flexibility index (Phi) is 9.34. The predicted molar refractivity (Wildman–Crippen MR) is 108 cm³/mol. The summed E-state index contributed by atoms with van der Waals surface area (Å²) in [6, 6.07) is 3.49. The quantitative estimate of drug-likeness (QED) is 0.585. The van der Waals surface area contributed by atoms with Crippen molar-refractivity contribution in [2.75, 3.05) is 26.2 Å². The first-order valence-corrected chi connectivity index (χ1v) is 10.5. The van der Waals surface area contributed by atoms with Crippen molar-refractivity contribution in [1.82, 2.24) is 15.1 Å². The lowest BCUT2D eigenvalue weighted by molar-refractivity contribution is -0.134. The zero-order valence-corrected chi connectivity index (χ0v) is 17.5. The van der Waals surface area contributed by atoms with Gasteiger partial charge in [0.15, 0.2) is 0 Å². The SMILES string of the molecule is CCCCNC(=O)N(CC(=O)N(Cc1ccco1)CC1CCCO1)C(C)CC. The van der Waals surface area contributed by atoms with Crippen LogP contribution in [0.2, 0.25) is 0 Å². The van der Waals surface area contributed by atoms with Gasteiger partial charge in [-0.3, -0.25) is 4.79 Å². The van der Waals surface area contributed by atoms with E-state index in [1.807, 2.05) is 26.0 Å². The number of rotatable bonds is 11. The first kappa shape index (κ1) is 22.3. The van der Waals surface area contributed by atoms with Gasteiger partial charge in [-0.15, -0.1) is 0 Å². The fourth-order valence-corrected chi connectivity index (χ4v) is 3.25. The molecule has 1 aromatic rings. The second-order valence-electron chi connectivity index (χ2n) is 7.46. The van der Waals surface area contributed by atoms with Crippen molar-refractivity contribution in [1.29, 1.82) is 0 Å². The van der Waals surface area contributed by atoms with Gasteiger partial charge in [-0.2, -0.15) is 0 Å². The third kappa shape index (κ3) is 6.86. The number of hydrogen-bond donors (Lipinski definition) is 1. The lowest BCUT2D eigenvalue weighted by atomic mass is 10.2. The standard InChI is InChI=1S/C21H35N3O4/c1-4-6-11-22-21(26)24(17(3)5-2)16-20(25)23(14-18-9-7-12-27-18)15-19-10-8-13-28-19/h7,9,12,17,19H,4-6,8,10-11,13-16H2,1-3H3,(H,22,26). The second-order valence-corrected chi connectivity index (χ2v) is 7.46. The minimum Gasteiger partial charge on any atom is -0.467 e. The highest BCUT2D eigenvalue weighted by atomic mass is 16.5. The number of amides is 3. The van der Waals surface area contributed by atoms with Crippen molar-refractivity contribution in [3.8, 4) is 0 Å². The van der Waals surface area contributed by atoms with Gasteiger partial charge >= 0.3 is 6.03 Å². The van der Waals surface area contributed by atoms with E-state index in [4.69, 9.17) is 9.15 Å². The van der Waals surface area contributed by atoms with Crippen LogP contribution in [0.5, 0.6) is 0 Å². The molecule has 1 aromatic heterocycles. The first-order chi connectivity index (χ1) is 13.5. The van der Waals surface area contributed by atoms with E-state index in [0.717, 1.165) is 44.5 Å². The maximum Gasteiger partial charge on any atom is 0.318 e. The van der Waals surface area contributed by atoms with Gasteiger partial charge in [-0.05, 0) is 44.7 Å². The van der Waals surface area contributed by atoms with Gasteiger partial charge in [0.25, 0.3) is 0 Å². The summed E-state index contributed by atoms with van der Waals surface area (Å²) in [5.41, 5.74) is 0. The van der Waals surface area contributed by atoms with Crippen LogP contribution in [0, 0.1) is 0 Å². The van der Waals surface area contributed by atoms with E-state index in [2.05, 4.69) is 12.2 Å². The number of carbonyl (C=O) groups is 2. The molecule has 2 atom stereocenters. The number of nitrogens with zero attached hydrogens (tertiary/aromatic N) is 2. The van der Waals surface area contributed by atoms with Gasteiger partial charge in [0.05, 0.1) is 18.9 Å². The maximum absolute atomic E-state index is 13.1. The van der Waals surface area contributed by atoms with E-state index >= 15 is 0 Å². The van der Waals surface area contributed by atoms with Gasteiger partial charge in [0, 0.05) is 25.7 Å². The van der Waals surface area contributed by atoms with E-state index < -0.39 is 0 Å². The molecule has 1 aliphatic heterocycles. The van der Waals surface area contributed by atoms with Crippen LogP contribution in [0.1, 0.15) is 58.6 Å². The van der Waals surface area contributed by atoms with Crippen molar-refractivity contribution in [3.05, 3.63) is 24.2 Å². The van der Waals surface area contributed by atoms with Crippen LogP contribution in [0.15, 0.2) is 22.8 Å². The van der Waals surface area contributed by atoms with E-state index in [1.54, 1.807) is 16.1 Å². The van der Waals surface area contributed by atoms with E-state index in [0.29, 0.717) is 19.6 Å². The van der Waals surface area contributed by atoms with Crippen molar-refractivity contribution in [2.45, 2.75) is 71.6 Å². The Morgan fingerprint density at radius 1 is 1.36 bits per heavy atom. The van der Waals surface area contributed by atoms with Crippen LogP contribution in [0.25, 0.3) is 0 Å². The van der Waals surface area contributed by atoms with E-state index in [1.165, 1.54) is 0 Å². The number of nitrogens with one attached hydrogen (secondary N) is 1. The molecular formula is C21H35N3O4. The molecule has 7 heteroatoms. The fraction of sp³-hybridized carbons (Fsp3) is 0.714. The molecule has 0 aliphatic carbocycles. The molecule has 0 aromatic carbocycles. The average Bonchev–Trinajstić information content (AvgIpc) is 3.39. The predicted octanol–water partition coefficient (Wildman–Crippen LogP) is 3.40. The number of urea groups is 1. The van der Waals surface area contributed by atoms with Crippen molar-refractivity contribution in [3.63, 3.8) is 0 Å². The van der Waals surface area contributed by atoms with Gasteiger partial charge < -0.3 is 24.3 Å². The third-order valence-corrected chi connectivity index (χ3v) is 5.22. The summed E-state index contributed by atoms with van der Waals surface area (Å²) in [7, 11) is 0. The molecule has 0 spiro atoms. The number of furan rings is 1. The first-order valence-electron chi connectivity index (χ1n) is 10.5. The molecule has 1 saturated heterocycles. The highest BCUT2D eigenvalue weighted by Crippen LogP contribution is 2.16. The lowest BCUT2D eigenvalue weighted by Crippen LogP contribution is -2.51. The zero-order valence-electron chi connectivity index (χ0n) is 17.5. The van der Waals surface area contributed by atoms with Crippen molar-refractivity contribution in [2.24, 2.45) is 0 Å². The minimum absolute atomic E-state index is 0.0150. The summed E-state index contributed by atoms with van der Waals surface area (Å²) in [4.78, 5) is 29.2. The highest BCUT2D eigenvalue weighted by Gasteiger charge is 2.27. The molecule has 1 aliphatic rings. The summed E-state index contributed by atoms with van der Waals surface area (Å²) in [6.07, 6.45) is 6.36. The van der Waals surface area contributed by atoms with E-state index in [-0.39, 0.29) is 30.6 Å². The van der Waals surface area contributed by atoms with Crippen LogP contribution in [0.3, 0.4) is 0 Å². The second kappa shape index (κ2) is 11.7. The largest absolute Gasteiger partial charge is 0.467 e. The van der Waals surface area contributed by atoms with Crippen molar-refractivity contribution < 1.29 is 18.7 Å². The molecule has 0 saturated carbocycles. The maximum atomic E-state index is 13.1. The third-order valence-electron chi connectivity index (χ3n) is 5.22. The Labute approximate surface area is 168 Å². The number of ether oxygens (including phenoxy) is 1. The number of hydrogen-bond acceptors (Lipinski definition) is 4. The summed E-state index contributed by atoms with van der Waals surface area (Å²) >= 11 is 0. The number of unbranched alkanes of at least 4 members (excludes halogenated alkanes) is 1. The lowest BCUT2D eigenvalue weighted by Gasteiger charge is -2.32. The Bertz CT molecular complexity index is 584. The molecule has 1 fully saturated rings. The molecule has 3 amide bonds. The molecule has 0 bridgehead atoms. The normalized spacial score (nSPS) is 17.3. The van der Waals surface area contributed by atoms with Crippen LogP contribution in [0.4, 0.5) is 4.79 Å². The Hall–Kier alpha value is -2.02. The smallest absolute Gasteiger partial charge is 0.318 e.